The second-order valence-electron chi connectivity index (χ2n) is 11.6. The number of benzene rings is 1. The molecule has 7 unspecified atom stereocenters. The number of anilines is 1. The van der Waals surface area contributed by atoms with Crippen molar-refractivity contribution in [2.45, 2.75) is 77.5 Å². The molecule has 0 spiro atoms. The van der Waals surface area contributed by atoms with Crippen LogP contribution in [0, 0.1) is 22.7 Å². The van der Waals surface area contributed by atoms with Crippen molar-refractivity contribution in [2.24, 2.45) is 22.7 Å². The average Bonchev–Trinajstić information content (AvgIpc) is 3.32. The molecule has 1 aromatic carbocycles. The SMILES string of the molecule is CC(=O)NC1CCN(C(=O)CC2C(O)CCC3C(C)(CO)C(OC(=O)Nc4ccccc4)CCC23C)C1. The molecule has 4 rings (SSSR count). The van der Waals surface area contributed by atoms with Gasteiger partial charge >= 0.3 is 6.09 Å². The Balaban J connectivity index is 1.46. The predicted octanol–water partition coefficient (Wildman–Crippen LogP) is 2.92. The van der Waals surface area contributed by atoms with E-state index in [9.17, 15) is 24.6 Å². The van der Waals surface area contributed by atoms with Gasteiger partial charge in [0.1, 0.15) is 6.10 Å². The van der Waals surface area contributed by atoms with Crippen LogP contribution in [0.1, 0.15) is 59.3 Å². The van der Waals surface area contributed by atoms with E-state index >= 15 is 0 Å². The van der Waals surface area contributed by atoms with Gasteiger partial charge < -0.3 is 25.2 Å². The van der Waals surface area contributed by atoms with E-state index in [1.54, 1.807) is 17.0 Å². The van der Waals surface area contributed by atoms with Crippen molar-refractivity contribution in [3.05, 3.63) is 30.3 Å². The van der Waals surface area contributed by atoms with Crippen molar-refractivity contribution in [3.8, 4) is 0 Å². The predicted molar refractivity (Wildman–Crippen MR) is 139 cm³/mol. The summed E-state index contributed by atoms with van der Waals surface area (Å²) in [4.78, 5) is 39.2. The zero-order chi connectivity index (χ0) is 26.8. The number of rotatable bonds is 6. The number of aliphatic hydroxyl groups excluding tert-OH is 2. The molecule has 1 aromatic rings. The molecule has 0 radical (unpaired) electrons. The molecule has 3 aliphatic rings. The fraction of sp³-hybridized carbons (Fsp3) is 0.679. The van der Waals surface area contributed by atoms with Gasteiger partial charge in [-0.05, 0) is 61.5 Å². The van der Waals surface area contributed by atoms with Crippen LogP contribution < -0.4 is 10.6 Å². The number of nitrogens with zero attached hydrogens (tertiary/aromatic N) is 1. The Morgan fingerprint density at radius 3 is 2.51 bits per heavy atom. The van der Waals surface area contributed by atoms with Gasteiger partial charge in [-0.25, -0.2) is 4.79 Å². The summed E-state index contributed by atoms with van der Waals surface area (Å²) < 4.78 is 5.88. The van der Waals surface area contributed by atoms with Gasteiger partial charge in [-0.3, -0.25) is 14.9 Å². The highest BCUT2D eigenvalue weighted by Crippen LogP contribution is 2.61. The highest BCUT2D eigenvalue weighted by molar-refractivity contribution is 5.84. The number of para-hydroxylation sites is 1. The largest absolute Gasteiger partial charge is 0.445 e. The van der Waals surface area contributed by atoms with Crippen molar-refractivity contribution in [1.29, 1.82) is 0 Å². The molecule has 2 saturated carbocycles. The summed E-state index contributed by atoms with van der Waals surface area (Å²) in [6.45, 7) is 6.49. The number of carbonyl (C=O) groups excluding carboxylic acids is 3. The molecule has 7 atom stereocenters. The molecular formula is C28H41N3O6. The second kappa shape index (κ2) is 11.0. The molecule has 3 amide bonds. The average molecular weight is 516 g/mol. The Hall–Kier alpha value is -2.65. The van der Waals surface area contributed by atoms with E-state index in [0.29, 0.717) is 44.5 Å². The zero-order valence-electron chi connectivity index (χ0n) is 22.1. The maximum Gasteiger partial charge on any atom is 0.411 e. The van der Waals surface area contributed by atoms with Crippen LogP contribution >= 0.6 is 0 Å². The van der Waals surface area contributed by atoms with Crippen LogP contribution in [0.25, 0.3) is 0 Å². The first-order valence-electron chi connectivity index (χ1n) is 13.4. The third kappa shape index (κ3) is 5.62. The number of hydrogen-bond acceptors (Lipinski definition) is 6. The Morgan fingerprint density at radius 2 is 1.84 bits per heavy atom. The van der Waals surface area contributed by atoms with Crippen LogP contribution in [0.5, 0.6) is 0 Å². The molecule has 9 heteroatoms. The van der Waals surface area contributed by atoms with Crippen molar-refractivity contribution in [2.75, 3.05) is 25.0 Å². The van der Waals surface area contributed by atoms with Gasteiger partial charge in [-0.1, -0.05) is 32.0 Å². The zero-order valence-corrected chi connectivity index (χ0v) is 22.1. The van der Waals surface area contributed by atoms with E-state index in [1.165, 1.54) is 6.92 Å². The topological polar surface area (TPSA) is 128 Å². The maximum absolute atomic E-state index is 13.3. The van der Waals surface area contributed by atoms with Gasteiger partial charge in [0.25, 0.3) is 0 Å². The minimum absolute atomic E-state index is 0.00918. The van der Waals surface area contributed by atoms with Gasteiger partial charge in [0.2, 0.25) is 11.8 Å². The normalized spacial score (nSPS) is 35.4. The fourth-order valence-electron chi connectivity index (χ4n) is 7.29. The van der Waals surface area contributed by atoms with E-state index in [-0.39, 0.29) is 42.7 Å². The number of likely N-dealkylation sites (tertiary alicyclic amines) is 1. The Bertz CT molecular complexity index is 989. The highest BCUT2D eigenvalue weighted by atomic mass is 16.6. The summed E-state index contributed by atoms with van der Waals surface area (Å²) in [6.07, 6.45) is 1.75. The van der Waals surface area contributed by atoms with Gasteiger partial charge in [0.05, 0.1) is 12.7 Å². The molecule has 9 nitrogen and oxygen atoms in total. The van der Waals surface area contributed by atoms with Crippen LogP contribution in [-0.4, -0.2) is 71.0 Å². The summed E-state index contributed by atoms with van der Waals surface area (Å²) >= 11 is 0. The number of carbonyl (C=O) groups is 3. The molecule has 0 bridgehead atoms. The van der Waals surface area contributed by atoms with Crippen LogP contribution in [0.3, 0.4) is 0 Å². The fourth-order valence-corrected chi connectivity index (χ4v) is 7.29. The molecule has 2 aliphatic carbocycles. The van der Waals surface area contributed by atoms with Crippen LogP contribution in [0.15, 0.2) is 30.3 Å². The minimum Gasteiger partial charge on any atom is -0.445 e. The Kier molecular flexibility index (Phi) is 8.14. The summed E-state index contributed by atoms with van der Waals surface area (Å²) in [5, 5.41) is 27.3. The van der Waals surface area contributed by atoms with E-state index in [1.807, 2.05) is 25.1 Å². The molecule has 3 fully saturated rings. The summed E-state index contributed by atoms with van der Waals surface area (Å²) in [6, 6.07) is 9.06. The number of ether oxygens (including phenoxy) is 1. The quantitative estimate of drug-likeness (QED) is 0.461. The second-order valence-corrected chi connectivity index (χ2v) is 11.6. The maximum atomic E-state index is 13.3. The number of hydrogen-bond donors (Lipinski definition) is 4. The van der Waals surface area contributed by atoms with E-state index in [0.717, 1.165) is 6.42 Å². The molecule has 4 N–H and O–H groups in total. The molecule has 204 valence electrons. The summed E-state index contributed by atoms with van der Waals surface area (Å²) in [5.74, 6) is -0.397. The first-order chi connectivity index (χ1) is 17.6. The number of fused-ring (bicyclic) bond motifs is 1. The van der Waals surface area contributed by atoms with Crippen LogP contribution in [0.4, 0.5) is 10.5 Å². The van der Waals surface area contributed by atoms with Gasteiger partial charge in [0, 0.05) is 43.6 Å². The number of aliphatic hydroxyl groups is 2. The molecule has 0 aromatic heterocycles. The lowest BCUT2D eigenvalue weighted by atomic mass is 9.46. The van der Waals surface area contributed by atoms with Crippen molar-refractivity contribution in [1.82, 2.24) is 10.2 Å². The Labute approximate surface area is 218 Å². The van der Waals surface area contributed by atoms with E-state index in [4.69, 9.17) is 4.74 Å². The Morgan fingerprint density at radius 1 is 1.11 bits per heavy atom. The third-order valence-electron chi connectivity index (χ3n) is 9.29. The van der Waals surface area contributed by atoms with Crippen LogP contribution in [0.2, 0.25) is 0 Å². The smallest absolute Gasteiger partial charge is 0.411 e. The highest BCUT2D eigenvalue weighted by Gasteiger charge is 2.60. The lowest BCUT2D eigenvalue weighted by Gasteiger charge is -2.60. The molecule has 37 heavy (non-hydrogen) atoms. The number of amides is 3. The summed E-state index contributed by atoms with van der Waals surface area (Å²) in [7, 11) is 0. The van der Waals surface area contributed by atoms with Gasteiger partial charge in [-0.2, -0.15) is 0 Å². The summed E-state index contributed by atoms with van der Waals surface area (Å²) in [5.41, 5.74) is -0.454. The minimum atomic E-state index is -0.702. The van der Waals surface area contributed by atoms with Gasteiger partial charge in [-0.15, -0.1) is 0 Å². The van der Waals surface area contributed by atoms with E-state index < -0.39 is 29.1 Å². The van der Waals surface area contributed by atoms with Crippen LogP contribution in [-0.2, 0) is 14.3 Å². The lowest BCUT2D eigenvalue weighted by molar-refractivity contribution is -0.186. The standard InChI is InChI=1S/C28H41N3O6/c1-18(33)29-20-12-14-31(16-20)25(35)15-21-22(34)9-10-23-27(21,2)13-11-24(28(23,3)17-32)37-26(36)30-19-7-5-4-6-8-19/h4-8,20-24,32,34H,9-17H2,1-3H3,(H,29,33)(H,30,36). The molecule has 1 saturated heterocycles. The van der Waals surface area contributed by atoms with Crippen molar-refractivity contribution >= 4 is 23.6 Å². The molecular weight excluding hydrogens is 474 g/mol. The molecule has 1 heterocycles. The van der Waals surface area contributed by atoms with Crippen molar-refractivity contribution < 1.29 is 29.3 Å². The lowest BCUT2D eigenvalue weighted by Crippen LogP contribution is -2.61. The first kappa shape index (κ1) is 27.4. The van der Waals surface area contributed by atoms with Gasteiger partial charge in [0.15, 0.2) is 0 Å². The van der Waals surface area contributed by atoms with Crippen molar-refractivity contribution in [3.63, 3.8) is 0 Å². The monoisotopic (exact) mass is 515 g/mol. The van der Waals surface area contributed by atoms with E-state index in [2.05, 4.69) is 17.6 Å². The molecule has 1 aliphatic heterocycles. The first-order valence-corrected chi connectivity index (χ1v) is 13.4. The number of nitrogens with one attached hydrogen (secondary N) is 2. The third-order valence-corrected chi connectivity index (χ3v) is 9.29.